The van der Waals surface area contributed by atoms with Crippen molar-refractivity contribution in [3.8, 4) is 5.75 Å². The van der Waals surface area contributed by atoms with Gasteiger partial charge in [-0.15, -0.1) is 0 Å². The molecule has 0 saturated carbocycles. The fraction of sp³-hybridized carbons (Fsp3) is 0.174. The van der Waals surface area contributed by atoms with Gasteiger partial charge in [-0.1, -0.05) is 42.0 Å². The maximum absolute atomic E-state index is 13.3. The van der Waals surface area contributed by atoms with E-state index in [2.05, 4.69) is 5.32 Å². The average molecular weight is 440 g/mol. The molecule has 1 atom stereocenters. The Labute approximate surface area is 180 Å². The minimum absolute atomic E-state index is 0.139. The molecule has 1 heterocycles. The summed E-state index contributed by atoms with van der Waals surface area (Å²) >= 11 is 0. The lowest BCUT2D eigenvalue weighted by Gasteiger charge is -2.34. The minimum atomic E-state index is -3.90. The second kappa shape index (κ2) is 8.39. The van der Waals surface area contributed by atoms with Crippen LogP contribution in [0.4, 0.5) is 10.1 Å². The summed E-state index contributed by atoms with van der Waals surface area (Å²) in [6.45, 7) is 1.88. The number of amides is 1. The lowest BCUT2D eigenvalue weighted by molar-refractivity contribution is -0.127. The van der Waals surface area contributed by atoms with Crippen LogP contribution in [-0.2, 0) is 21.4 Å². The smallest absolute Gasteiger partial charge is 0.264 e. The Hall–Kier alpha value is -3.39. The maximum atomic E-state index is 13.3. The number of sulfonamides is 1. The molecule has 3 aromatic carbocycles. The van der Waals surface area contributed by atoms with Gasteiger partial charge in [-0.2, -0.15) is 0 Å². The van der Waals surface area contributed by atoms with E-state index < -0.39 is 22.0 Å². The Kier molecular flexibility index (Phi) is 5.65. The summed E-state index contributed by atoms with van der Waals surface area (Å²) in [5.41, 5.74) is 2.04. The molecule has 0 aromatic heterocycles. The Balaban J connectivity index is 1.58. The molecule has 0 fully saturated rings. The zero-order chi connectivity index (χ0) is 22.0. The molecule has 0 radical (unpaired) electrons. The summed E-state index contributed by atoms with van der Waals surface area (Å²) in [5, 5.41) is 2.73. The molecule has 8 heteroatoms. The fourth-order valence-electron chi connectivity index (χ4n) is 3.31. The van der Waals surface area contributed by atoms with E-state index in [4.69, 9.17) is 4.74 Å². The highest BCUT2D eigenvalue weighted by atomic mass is 32.2. The molecular weight excluding hydrogens is 419 g/mol. The van der Waals surface area contributed by atoms with Crippen molar-refractivity contribution in [3.63, 3.8) is 0 Å². The molecule has 160 valence electrons. The van der Waals surface area contributed by atoms with Crippen molar-refractivity contribution in [3.05, 3.63) is 89.7 Å². The average Bonchev–Trinajstić information content (AvgIpc) is 2.78. The maximum Gasteiger partial charge on any atom is 0.264 e. The van der Waals surface area contributed by atoms with Crippen LogP contribution in [0.2, 0.25) is 0 Å². The summed E-state index contributed by atoms with van der Waals surface area (Å²) in [7, 11) is -3.90. The first-order valence-electron chi connectivity index (χ1n) is 9.72. The predicted molar refractivity (Wildman–Crippen MR) is 115 cm³/mol. The number of anilines is 1. The first kappa shape index (κ1) is 20.9. The van der Waals surface area contributed by atoms with E-state index in [1.54, 1.807) is 60.7 Å². The summed E-state index contributed by atoms with van der Waals surface area (Å²) in [4.78, 5) is 12.9. The van der Waals surface area contributed by atoms with Crippen LogP contribution in [0.5, 0.6) is 5.75 Å². The number of ether oxygens (including phenoxy) is 1. The third-order valence-electron chi connectivity index (χ3n) is 5.02. The normalized spacial score (nSPS) is 15.7. The third-order valence-corrected chi connectivity index (χ3v) is 6.81. The quantitative estimate of drug-likeness (QED) is 0.660. The second-order valence-corrected chi connectivity index (χ2v) is 9.13. The SMILES string of the molecule is Cc1ccc(S(=O)(=O)N2C[C@H](C(=O)NCc3ccc(F)cc3)Oc3ccccc32)cc1. The van der Waals surface area contributed by atoms with Gasteiger partial charge >= 0.3 is 0 Å². The van der Waals surface area contributed by atoms with Crippen LogP contribution >= 0.6 is 0 Å². The van der Waals surface area contributed by atoms with Crippen molar-refractivity contribution >= 4 is 21.6 Å². The molecule has 0 saturated heterocycles. The van der Waals surface area contributed by atoms with Crippen molar-refractivity contribution < 1.29 is 22.3 Å². The molecule has 0 bridgehead atoms. The van der Waals surface area contributed by atoms with E-state index in [-0.39, 0.29) is 23.8 Å². The van der Waals surface area contributed by atoms with Gasteiger partial charge in [-0.25, -0.2) is 12.8 Å². The minimum Gasteiger partial charge on any atom is -0.476 e. The molecule has 1 amide bonds. The molecule has 3 aromatic rings. The van der Waals surface area contributed by atoms with E-state index in [0.717, 1.165) is 11.1 Å². The van der Waals surface area contributed by atoms with Gasteiger partial charge in [-0.05, 0) is 48.9 Å². The van der Waals surface area contributed by atoms with Crippen molar-refractivity contribution in [1.29, 1.82) is 0 Å². The monoisotopic (exact) mass is 440 g/mol. The van der Waals surface area contributed by atoms with Gasteiger partial charge in [0.1, 0.15) is 11.6 Å². The number of hydrogen-bond donors (Lipinski definition) is 1. The first-order chi connectivity index (χ1) is 14.8. The predicted octanol–water partition coefficient (Wildman–Crippen LogP) is 3.41. The zero-order valence-corrected chi connectivity index (χ0v) is 17.6. The number of nitrogens with one attached hydrogen (secondary N) is 1. The van der Waals surface area contributed by atoms with Crippen LogP contribution < -0.4 is 14.4 Å². The molecule has 6 nitrogen and oxygen atoms in total. The summed E-state index contributed by atoms with van der Waals surface area (Å²) in [5.74, 6) is -0.506. The molecule has 0 spiro atoms. The molecule has 1 aliphatic rings. The molecule has 1 aliphatic heterocycles. The number of hydrogen-bond acceptors (Lipinski definition) is 4. The zero-order valence-electron chi connectivity index (χ0n) is 16.8. The molecule has 4 rings (SSSR count). The van der Waals surface area contributed by atoms with Crippen LogP contribution in [-0.4, -0.2) is 27.0 Å². The van der Waals surface area contributed by atoms with Crippen LogP contribution in [0.25, 0.3) is 0 Å². The summed E-state index contributed by atoms with van der Waals surface area (Å²) in [6, 6.07) is 19.0. The third kappa shape index (κ3) is 4.39. The summed E-state index contributed by atoms with van der Waals surface area (Å²) < 4.78 is 46.8. The van der Waals surface area contributed by atoms with Crippen molar-refractivity contribution in [1.82, 2.24) is 5.32 Å². The van der Waals surface area contributed by atoms with Crippen molar-refractivity contribution in [2.24, 2.45) is 0 Å². The van der Waals surface area contributed by atoms with Gasteiger partial charge in [0.25, 0.3) is 15.9 Å². The van der Waals surface area contributed by atoms with E-state index in [1.165, 1.54) is 16.4 Å². The highest BCUT2D eigenvalue weighted by molar-refractivity contribution is 7.92. The molecule has 1 N–H and O–H groups in total. The van der Waals surface area contributed by atoms with Crippen LogP contribution in [0, 0.1) is 12.7 Å². The van der Waals surface area contributed by atoms with Gasteiger partial charge in [-0.3, -0.25) is 9.10 Å². The number of carbonyl (C=O) groups excluding carboxylic acids is 1. The van der Waals surface area contributed by atoms with Gasteiger partial charge in [0.2, 0.25) is 0 Å². The number of fused-ring (bicyclic) bond motifs is 1. The number of halogens is 1. The van der Waals surface area contributed by atoms with E-state index in [0.29, 0.717) is 11.4 Å². The highest BCUT2D eigenvalue weighted by Crippen LogP contribution is 2.36. The molecule has 0 unspecified atom stereocenters. The Morgan fingerprint density at radius 3 is 2.45 bits per heavy atom. The van der Waals surface area contributed by atoms with Crippen molar-refractivity contribution in [2.45, 2.75) is 24.5 Å². The molecule has 0 aliphatic carbocycles. The number of aryl methyl sites for hydroxylation is 1. The van der Waals surface area contributed by atoms with Gasteiger partial charge in [0.15, 0.2) is 6.10 Å². The van der Waals surface area contributed by atoms with Gasteiger partial charge in [0.05, 0.1) is 17.1 Å². The van der Waals surface area contributed by atoms with Crippen LogP contribution in [0.1, 0.15) is 11.1 Å². The van der Waals surface area contributed by atoms with E-state index in [1.807, 2.05) is 6.92 Å². The van der Waals surface area contributed by atoms with Crippen LogP contribution in [0.15, 0.2) is 77.7 Å². The highest BCUT2D eigenvalue weighted by Gasteiger charge is 2.37. The van der Waals surface area contributed by atoms with Gasteiger partial charge < -0.3 is 10.1 Å². The molecule has 31 heavy (non-hydrogen) atoms. The van der Waals surface area contributed by atoms with Crippen LogP contribution in [0.3, 0.4) is 0 Å². The topological polar surface area (TPSA) is 75.7 Å². The van der Waals surface area contributed by atoms with Crippen molar-refractivity contribution in [2.75, 3.05) is 10.8 Å². The lowest BCUT2D eigenvalue weighted by Crippen LogP contribution is -2.50. The van der Waals surface area contributed by atoms with Gasteiger partial charge in [0, 0.05) is 6.54 Å². The number of para-hydroxylation sites is 2. The Morgan fingerprint density at radius 2 is 1.74 bits per heavy atom. The number of benzene rings is 3. The fourth-order valence-corrected chi connectivity index (χ4v) is 4.79. The van der Waals surface area contributed by atoms with E-state index >= 15 is 0 Å². The lowest BCUT2D eigenvalue weighted by atomic mass is 10.2. The van der Waals surface area contributed by atoms with E-state index in [9.17, 15) is 17.6 Å². The number of carbonyl (C=O) groups is 1. The molecular formula is C23H21FN2O4S. The first-order valence-corrected chi connectivity index (χ1v) is 11.2. The standard InChI is InChI=1S/C23H21FN2O4S/c1-16-6-12-19(13-7-16)31(28,29)26-15-22(30-21-5-3-2-4-20(21)26)23(27)25-14-17-8-10-18(24)11-9-17/h2-13,22H,14-15H2,1H3,(H,25,27)/t22-/m1/s1. The Morgan fingerprint density at radius 1 is 1.06 bits per heavy atom. The number of rotatable bonds is 5. The largest absolute Gasteiger partial charge is 0.476 e. The summed E-state index contributed by atoms with van der Waals surface area (Å²) in [6.07, 6.45) is -1.03. The number of nitrogens with zero attached hydrogens (tertiary/aromatic N) is 1. The Bertz CT molecular complexity index is 1200. The second-order valence-electron chi connectivity index (χ2n) is 7.27.